The lowest BCUT2D eigenvalue weighted by Crippen LogP contribution is -2.41. The molecule has 2 aliphatic rings. The number of amides is 2. The third-order valence-corrected chi connectivity index (χ3v) is 6.12. The van der Waals surface area contributed by atoms with Gasteiger partial charge in [-0.3, -0.25) is 4.79 Å². The standard InChI is InChI=1S/C23H35BN2O5/c1-21(2,3)29-20(28)26-14-8-13-25(15-16-26)19(27)17-9-11-18(12-10-17)24-30-22(4,5)23(6,7)31-24/h9-12H,8,13-16H2,1-7H3. The van der Waals surface area contributed by atoms with E-state index in [0.717, 1.165) is 11.9 Å². The van der Waals surface area contributed by atoms with Gasteiger partial charge in [0, 0.05) is 31.7 Å². The molecule has 7 nitrogen and oxygen atoms in total. The lowest BCUT2D eigenvalue weighted by atomic mass is 9.79. The van der Waals surface area contributed by atoms with E-state index in [1.807, 2.05) is 72.7 Å². The highest BCUT2D eigenvalue weighted by Gasteiger charge is 2.51. The van der Waals surface area contributed by atoms with Gasteiger partial charge in [0.1, 0.15) is 5.60 Å². The van der Waals surface area contributed by atoms with Gasteiger partial charge in [-0.15, -0.1) is 0 Å². The Kier molecular flexibility index (Phi) is 6.45. The summed E-state index contributed by atoms with van der Waals surface area (Å²) in [6.45, 7) is 15.8. The summed E-state index contributed by atoms with van der Waals surface area (Å²) in [5.74, 6) is -0.0356. The van der Waals surface area contributed by atoms with Crippen LogP contribution in [0, 0.1) is 0 Å². The van der Waals surface area contributed by atoms with E-state index in [0.29, 0.717) is 31.7 Å². The summed E-state index contributed by atoms with van der Waals surface area (Å²) in [6, 6.07) is 7.42. The molecule has 1 aromatic carbocycles. The molecule has 0 atom stereocenters. The molecule has 0 unspecified atom stereocenters. The third kappa shape index (κ3) is 5.41. The molecule has 2 saturated heterocycles. The van der Waals surface area contributed by atoms with Crippen molar-refractivity contribution in [1.82, 2.24) is 9.80 Å². The van der Waals surface area contributed by atoms with Crippen molar-refractivity contribution in [3.05, 3.63) is 29.8 Å². The SMILES string of the molecule is CC(C)(C)OC(=O)N1CCCN(C(=O)c2ccc(B3OC(C)(C)C(C)(C)O3)cc2)CC1. The Bertz CT molecular complexity index is 800. The summed E-state index contributed by atoms with van der Waals surface area (Å²) in [4.78, 5) is 28.8. The zero-order valence-corrected chi connectivity index (χ0v) is 19.9. The fraction of sp³-hybridized carbons (Fsp3) is 0.652. The number of nitrogens with zero attached hydrogens (tertiary/aromatic N) is 2. The smallest absolute Gasteiger partial charge is 0.444 e. The number of benzene rings is 1. The predicted octanol–water partition coefficient (Wildman–Crippen LogP) is 3.07. The van der Waals surface area contributed by atoms with E-state index in [-0.39, 0.29) is 12.0 Å². The molecule has 0 saturated carbocycles. The number of carbonyl (C=O) groups is 2. The molecule has 31 heavy (non-hydrogen) atoms. The first-order valence-corrected chi connectivity index (χ1v) is 11.0. The average Bonchev–Trinajstić information content (AvgIpc) is 2.82. The number of hydrogen-bond acceptors (Lipinski definition) is 5. The maximum Gasteiger partial charge on any atom is 0.494 e. The summed E-state index contributed by atoms with van der Waals surface area (Å²) in [6.07, 6.45) is 0.394. The predicted molar refractivity (Wildman–Crippen MR) is 120 cm³/mol. The fourth-order valence-corrected chi connectivity index (χ4v) is 3.57. The number of ether oxygens (including phenoxy) is 1. The van der Waals surface area contributed by atoms with Crippen molar-refractivity contribution in [2.24, 2.45) is 0 Å². The number of carbonyl (C=O) groups excluding carboxylic acids is 2. The summed E-state index contributed by atoms with van der Waals surface area (Å²) in [5.41, 5.74) is 0.169. The van der Waals surface area contributed by atoms with Gasteiger partial charge in [-0.05, 0) is 72.5 Å². The van der Waals surface area contributed by atoms with Crippen LogP contribution in [0.1, 0.15) is 65.2 Å². The largest absolute Gasteiger partial charge is 0.494 e. The zero-order chi connectivity index (χ0) is 23.0. The minimum absolute atomic E-state index is 0.0356. The van der Waals surface area contributed by atoms with Crippen LogP contribution >= 0.6 is 0 Å². The van der Waals surface area contributed by atoms with Crippen molar-refractivity contribution in [2.75, 3.05) is 26.2 Å². The molecule has 0 bridgehead atoms. The Balaban J connectivity index is 1.61. The van der Waals surface area contributed by atoms with Gasteiger partial charge in [-0.1, -0.05) is 12.1 Å². The molecule has 0 spiro atoms. The second-order valence-corrected chi connectivity index (χ2v) is 10.3. The Labute approximate surface area is 186 Å². The Morgan fingerprint density at radius 3 is 1.97 bits per heavy atom. The van der Waals surface area contributed by atoms with Gasteiger partial charge in [-0.2, -0.15) is 0 Å². The van der Waals surface area contributed by atoms with Crippen LogP contribution in [0.2, 0.25) is 0 Å². The molecule has 2 aliphatic heterocycles. The maximum absolute atomic E-state index is 13.0. The summed E-state index contributed by atoms with van der Waals surface area (Å²) in [5, 5.41) is 0. The number of rotatable bonds is 2. The van der Waals surface area contributed by atoms with Gasteiger partial charge < -0.3 is 23.8 Å². The van der Waals surface area contributed by atoms with Crippen LogP contribution in [0.5, 0.6) is 0 Å². The van der Waals surface area contributed by atoms with Gasteiger partial charge in [-0.25, -0.2) is 4.79 Å². The van der Waals surface area contributed by atoms with Crippen LogP contribution in [0.3, 0.4) is 0 Å². The monoisotopic (exact) mass is 430 g/mol. The second-order valence-electron chi connectivity index (χ2n) is 10.3. The molecule has 2 heterocycles. The minimum atomic E-state index is -0.530. The van der Waals surface area contributed by atoms with E-state index in [9.17, 15) is 9.59 Å². The van der Waals surface area contributed by atoms with Crippen molar-refractivity contribution in [3.8, 4) is 0 Å². The first-order valence-electron chi connectivity index (χ1n) is 11.0. The van der Waals surface area contributed by atoms with Crippen molar-refractivity contribution < 1.29 is 23.6 Å². The van der Waals surface area contributed by atoms with E-state index in [2.05, 4.69) is 0 Å². The van der Waals surface area contributed by atoms with Crippen LogP contribution in [-0.2, 0) is 14.0 Å². The lowest BCUT2D eigenvalue weighted by molar-refractivity contribution is 0.00578. The zero-order valence-electron chi connectivity index (χ0n) is 19.9. The molecule has 170 valence electrons. The minimum Gasteiger partial charge on any atom is -0.444 e. The molecule has 3 rings (SSSR count). The molecule has 0 N–H and O–H groups in total. The molecule has 8 heteroatoms. The van der Waals surface area contributed by atoms with Crippen LogP contribution in [-0.4, -0.2) is 71.9 Å². The normalized spacial score (nSPS) is 21.1. The van der Waals surface area contributed by atoms with Crippen LogP contribution in [0.25, 0.3) is 0 Å². The van der Waals surface area contributed by atoms with E-state index < -0.39 is 23.9 Å². The van der Waals surface area contributed by atoms with Crippen molar-refractivity contribution in [3.63, 3.8) is 0 Å². The summed E-state index contributed by atoms with van der Waals surface area (Å²) >= 11 is 0. The first kappa shape index (κ1) is 23.6. The van der Waals surface area contributed by atoms with E-state index in [1.165, 1.54) is 0 Å². The molecule has 0 aliphatic carbocycles. The summed E-state index contributed by atoms with van der Waals surface area (Å²) in [7, 11) is -0.449. The van der Waals surface area contributed by atoms with Gasteiger partial charge in [0.15, 0.2) is 0 Å². The second kappa shape index (κ2) is 8.47. The molecule has 0 radical (unpaired) electrons. The Hall–Kier alpha value is -2.06. The average molecular weight is 430 g/mol. The van der Waals surface area contributed by atoms with Crippen LogP contribution in [0.15, 0.2) is 24.3 Å². The maximum atomic E-state index is 13.0. The lowest BCUT2D eigenvalue weighted by Gasteiger charge is -2.32. The topological polar surface area (TPSA) is 68.3 Å². The Morgan fingerprint density at radius 1 is 0.903 bits per heavy atom. The Morgan fingerprint density at radius 2 is 1.42 bits per heavy atom. The van der Waals surface area contributed by atoms with Crippen molar-refractivity contribution in [2.45, 2.75) is 71.7 Å². The molecule has 1 aromatic rings. The quantitative estimate of drug-likeness (QED) is 0.675. The number of hydrogen-bond donors (Lipinski definition) is 0. The molecule has 2 fully saturated rings. The fourth-order valence-electron chi connectivity index (χ4n) is 3.57. The summed E-state index contributed by atoms with van der Waals surface area (Å²) < 4.78 is 17.6. The van der Waals surface area contributed by atoms with E-state index in [1.54, 1.807) is 9.80 Å². The molecular formula is C23H35BN2O5. The van der Waals surface area contributed by atoms with E-state index >= 15 is 0 Å². The van der Waals surface area contributed by atoms with Gasteiger partial charge in [0.25, 0.3) is 5.91 Å². The molecule has 2 amide bonds. The van der Waals surface area contributed by atoms with Gasteiger partial charge in [0.2, 0.25) is 0 Å². The van der Waals surface area contributed by atoms with Crippen LogP contribution < -0.4 is 5.46 Å². The molecule has 0 aromatic heterocycles. The highest BCUT2D eigenvalue weighted by Crippen LogP contribution is 2.36. The highest BCUT2D eigenvalue weighted by molar-refractivity contribution is 6.62. The van der Waals surface area contributed by atoms with Gasteiger partial charge >= 0.3 is 13.2 Å². The van der Waals surface area contributed by atoms with Crippen molar-refractivity contribution >= 4 is 24.6 Å². The van der Waals surface area contributed by atoms with E-state index in [4.69, 9.17) is 14.0 Å². The highest BCUT2D eigenvalue weighted by atomic mass is 16.7. The first-order chi connectivity index (χ1) is 14.3. The van der Waals surface area contributed by atoms with Crippen LogP contribution in [0.4, 0.5) is 4.79 Å². The van der Waals surface area contributed by atoms with Gasteiger partial charge in [0.05, 0.1) is 11.2 Å². The van der Waals surface area contributed by atoms with Crippen molar-refractivity contribution in [1.29, 1.82) is 0 Å². The molecular weight excluding hydrogens is 395 g/mol. The third-order valence-electron chi connectivity index (χ3n) is 6.12.